The molecule has 1 fully saturated rings. The number of amides is 1. The van der Waals surface area contributed by atoms with Crippen molar-refractivity contribution in [3.63, 3.8) is 0 Å². The van der Waals surface area contributed by atoms with Crippen LogP contribution >= 0.6 is 11.3 Å². The summed E-state index contributed by atoms with van der Waals surface area (Å²) in [5, 5.41) is 6.21. The number of carbonyl (C=O) groups is 1. The summed E-state index contributed by atoms with van der Waals surface area (Å²) in [4.78, 5) is 13.9. The van der Waals surface area contributed by atoms with Gasteiger partial charge < -0.3 is 15.4 Å². The molecule has 0 unspecified atom stereocenters. The lowest BCUT2D eigenvalue weighted by Gasteiger charge is -2.22. The van der Waals surface area contributed by atoms with Crippen LogP contribution in [0.15, 0.2) is 6.07 Å². The van der Waals surface area contributed by atoms with Crippen molar-refractivity contribution in [1.82, 2.24) is 10.6 Å². The second kappa shape index (κ2) is 7.03. The summed E-state index contributed by atoms with van der Waals surface area (Å²) in [6.45, 7) is 7.31. The van der Waals surface area contributed by atoms with Crippen LogP contribution in [0.4, 0.5) is 0 Å². The van der Waals surface area contributed by atoms with Crippen molar-refractivity contribution in [2.75, 3.05) is 26.2 Å². The molecule has 0 spiro atoms. The van der Waals surface area contributed by atoms with Crippen LogP contribution in [0, 0.1) is 13.8 Å². The van der Waals surface area contributed by atoms with Crippen molar-refractivity contribution in [3.8, 4) is 0 Å². The molecule has 0 atom stereocenters. The predicted molar refractivity (Wildman–Crippen MR) is 78.0 cm³/mol. The average Bonchev–Trinajstić information content (AvgIpc) is 2.76. The van der Waals surface area contributed by atoms with Crippen LogP contribution in [-0.2, 0) is 4.74 Å². The minimum Gasteiger partial charge on any atom is -0.376 e. The van der Waals surface area contributed by atoms with Crippen LogP contribution < -0.4 is 10.6 Å². The fraction of sp³-hybridized carbons (Fsp3) is 0.643. The van der Waals surface area contributed by atoms with E-state index in [1.807, 2.05) is 19.9 Å². The van der Waals surface area contributed by atoms with E-state index in [0.29, 0.717) is 19.3 Å². The van der Waals surface area contributed by atoms with E-state index in [1.165, 1.54) is 10.4 Å². The van der Waals surface area contributed by atoms with Gasteiger partial charge in [0.25, 0.3) is 5.91 Å². The summed E-state index contributed by atoms with van der Waals surface area (Å²) in [5.41, 5.74) is 1.18. The Morgan fingerprint density at radius 3 is 2.84 bits per heavy atom. The van der Waals surface area contributed by atoms with Gasteiger partial charge in [0.05, 0.1) is 17.6 Å². The highest BCUT2D eigenvalue weighted by molar-refractivity contribution is 7.14. The van der Waals surface area contributed by atoms with Gasteiger partial charge in [-0.1, -0.05) is 0 Å². The molecule has 5 heteroatoms. The number of nitrogens with one attached hydrogen (secondary N) is 2. The van der Waals surface area contributed by atoms with Gasteiger partial charge in [0.2, 0.25) is 0 Å². The Balaban J connectivity index is 1.66. The number of hydrogen-bond acceptors (Lipinski definition) is 4. The molecule has 1 amide bonds. The molecule has 19 heavy (non-hydrogen) atoms. The van der Waals surface area contributed by atoms with E-state index in [0.717, 1.165) is 30.8 Å². The standard InChI is InChI=1S/C14H22N2O2S/c1-10-9-13(19-11(10)2)14(17)16-7-8-18-12-3-5-15-6-4-12/h9,12,15H,3-8H2,1-2H3,(H,16,17). The molecule has 2 rings (SSSR count). The maximum Gasteiger partial charge on any atom is 0.261 e. The molecule has 106 valence electrons. The molecule has 2 heterocycles. The lowest BCUT2D eigenvalue weighted by atomic mass is 10.1. The van der Waals surface area contributed by atoms with Gasteiger partial charge in [-0.15, -0.1) is 11.3 Å². The number of ether oxygens (including phenoxy) is 1. The molecule has 1 aromatic rings. The maximum absolute atomic E-state index is 11.9. The van der Waals surface area contributed by atoms with Crippen LogP contribution in [0.5, 0.6) is 0 Å². The van der Waals surface area contributed by atoms with E-state index in [1.54, 1.807) is 11.3 Å². The quantitative estimate of drug-likeness (QED) is 0.811. The highest BCUT2D eigenvalue weighted by Crippen LogP contribution is 2.20. The zero-order valence-electron chi connectivity index (χ0n) is 11.6. The van der Waals surface area contributed by atoms with Crippen molar-refractivity contribution >= 4 is 17.2 Å². The van der Waals surface area contributed by atoms with Crippen LogP contribution in [0.3, 0.4) is 0 Å². The fourth-order valence-corrected chi connectivity index (χ4v) is 3.07. The number of carbonyl (C=O) groups excluding carboxylic acids is 1. The molecule has 1 aliphatic rings. The minimum atomic E-state index is 0.00936. The molecular formula is C14H22N2O2S. The summed E-state index contributed by atoms with van der Waals surface area (Å²) in [5.74, 6) is 0.00936. The van der Waals surface area contributed by atoms with Gasteiger partial charge in [-0.25, -0.2) is 0 Å². The number of thiophene rings is 1. The highest BCUT2D eigenvalue weighted by Gasteiger charge is 2.13. The van der Waals surface area contributed by atoms with Gasteiger partial charge >= 0.3 is 0 Å². The first-order valence-electron chi connectivity index (χ1n) is 6.84. The summed E-state index contributed by atoms with van der Waals surface area (Å²) >= 11 is 1.55. The van der Waals surface area contributed by atoms with Gasteiger partial charge in [-0.05, 0) is 51.4 Å². The van der Waals surface area contributed by atoms with Crippen molar-refractivity contribution in [2.24, 2.45) is 0 Å². The Morgan fingerprint density at radius 2 is 2.21 bits per heavy atom. The van der Waals surface area contributed by atoms with Gasteiger partial charge in [0.15, 0.2) is 0 Å². The Kier molecular flexibility index (Phi) is 5.36. The lowest BCUT2D eigenvalue weighted by molar-refractivity contribution is 0.0343. The molecule has 0 aromatic carbocycles. The molecule has 4 nitrogen and oxygen atoms in total. The fourth-order valence-electron chi connectivity index (χ4n) is 2.12. The topological polar surface area (TPSA) is 50.4 Å². The first kappa shape index (κ1) is 14.5. The van der Waals surface area contributed by atoms with Gasteiger partial charge in [-0.2, -0.15) is 0 Å². The van der Waals surface area contributed by atoms with E-state index < -0.39 is 0 Å². The van der Waals surface area contributed by atoms with Crippen LogP contribution in [-0.4, -0.2) is 38.3 Å². The molecule has 0 aliphatic carbocycles. The first-order chi connectivity index (χ1) is 9.16. The minimum absolute atomic E-state index is 0.00936. The highest BCUT2D eigenvalue weighted by atomic mass is 32.1. The zero-order valence-corrected chi connectivity index (χ0v) is 12.4. The smallest absolute Gasteiger partial charge is 0.261 e. The Morgan fingerprint density at radius 1 is 1.47 bits per heavy atom. The van der Waals surface area contributed by atoms with Gasteiger partial charge in [-0.3, -0.25) is 4.79 Å². The van der Waals surface area contributed by atoms with Crippen molar-refractivity contribution < 1.29 is 9.53 Å². The molecule has 0 radical (unpaired) electrons. The predicted octanol–water partition coefficient (Wildman–Crippen LogP) is 1.86. The number of aryl methyl sites for hydroxylation is 2. The summed E-state index contributed by atoms with van der Waals surface area (Å²) in [6, 6.07) is 1.95. The molecule has 2 N–H and O–H groups in total. The second-order valence-corrected chi connectivity index (χ2v) is 6.18. The third-order valence-corrected chi connectivity index (χ3v) is 4.57. The molecule has 0 bridgehead atoms. The number of hydrogen-bond donors (Lipinski definition) is 2. The molecule has 1 saturated heterocycles. The summed E-state index contributed by atoms with van der Waals surface area (Å²) in [7, 11) is 0. The second-order valence-electron chi connectivity index (χ2n) is 4.93. The zero-order chi connectivity index (χ0) is 13.7. The third-order valence-electron chi connectivity index (χ3n) is 3.42. The van der Waals surface area contributed by atoms with E-state index in [2.05, 4.69) is 10.6 Å². The molecular weight excluding hydrogens is 260 g/mol. The van der Waals surface area contributed by atoms with Crippen molar-refractivity contribution in [1.29, 1.82) is 0 Å². The monoisotopic (exact) mass is 282 g/mol. The molecule has 1 aliphatic heterocycles. The summed E-state index contributed by atoms with van der Waals surface area (Å²) in [6.07, 6.45) is 2.48. The lowest BCUT2D eigenvalue weighted by Crippen LogP contribution is -2.34. The molecule has 0 saturated carbocycles. The van der Waals surface area contributed by atoms with Crippen molar-refractivity contribution in [3.05, 3.63) is 21.4 Å². The van der Waals surface area contributed by atoms with Crippen molar-refractivity contribution in [2.45, 2.75) is 32.8 Å². The van der Waals surface area contributed by atoms with E-state index in [9.17, 15) is 4.79 Å². The largest absolute Gasteiger partial charge is 0.376 e. The third kappa shape index (κ3) is 4.30. The van der Waals surface area contributed by atoms with E-state index in [4.69, 9.17) is 4.74 Å². The first-order valence-corrected chi connectivity index (χ1v) is 7.66. The Bertz CT molecular complexity index is 406. The van der Waals surface area contributed by atoms with E-state index >= 15 is 0 Å². The van der Waals surface area contributed by atoms with Crippen LogP contribution in [0.1, 0.15) is 33.0 Å². The SMILES string of the molecule is Cc1cc(C(=O)NCCOC2CCNCC2)sc1C. The normalized spacial score (nSPS) is 16.5. The van der Waals surface area contributed by atoms with Gasteiger partial charge in [0, 0.05) is 11.4 Å². The maximum atomic E-state index is 11.9. The molecule has 1 aromatic heterocycles. The number of piperidine rings is 1. The summed E-state index contributed by atoms with van der Waals surface area (Å²) < 4.78 is 5.75. The average molecular weight is 282 g/mol. The van der Waals surface area contributed by atoms with E-state index in [-0.39, 0.29) is 5.91 Å². The number of rotatable bonds is 5. The van der Waals surface area contributed by atoms with Crippen LogP contribution in [0.2, 0.25) is 0 Å². The van der Waals surface area contributed by atoms with Gasteiger partial charge in [0.1, 0.15) is 0 Å². The van der Waals surface area contributed by atoms with Crippen LogP contribution in [0.25, 0.3) is 0 Å². The Hall–Kier alpha value is -0.910. The Labute approximate surface area is 118 Å².